The number of nitriles is 1. The molecule has 2 N–H and O–H groups in total. The van der Waals surface area contributed by atoms with Gasteiger partial charge in [0.25, 0.3) is 0 Å². The molecule has 152 valence electrons. The maximum atomic E-state index is 13.0. The number of hydrogen-bond donors (Lipinski definition) is 2. The Hall–Kier alpha value is -2.89. The van der Waals surface area contributed by atoms with E-state index in [1.807, 2.05) is 0 Å². The normalized spacial score (nSPS) is 11.9. The van der Waals surface area contributed by atoms with Gasteiger partial charge in [-0.1, -0.05) is 6.07 Å². The zero-order valence-electron chi connectivity index (χ0n) is 16.2. The van der Waals surface area contributed by atoms with E-state index in [1.54, 1.807) is 32.3 Å². The number of aromatic nitrogens is 1. The number of nitrogens with one attached hydrogen (secondary N) is 2. The second-order valence-electron chi connectivity index (χ2n) is 7.16. The smallest absolute Gasteiger partial charge is 0.416 e. The summed E-state index contributed by atoms with van der Waals surface area (Å²) >= 11 is 0. The molecule has 0 aliphatic heterocycles. The molecule has 2 rings (SSSR count). The summed E-state index contributed by atoms with van der Waals surface area (Å²) in [6, 6.07) is 5.38. The molecule has 0 radical (unpaired) electrons. The van der Waals surface area contributed by atoms with Crippen LogP contribution in [-0.4, -0.2) is 29.4 Å². The van der Waals surface area contributed by atoms with Gasteiger partial charge >= 0.3 is 12.3 Å². The van der Waals surface area contributed by atoms with Gasteiger partial charge in [-0.25, -0.2) is 4.79 Å². The number of hydrogen-bond acceptors (Lipinski definition) is 4. The topological polar surface area (TPSA) is 79.1 Å². The Kier molecular flexibility index (Phi) is 6.12. The number of benzene rings is 1. The molecule has 2 aromatic rings. The molecule has 1 aromatic heterocycles. The Bertz CT molecular complexity index is 905. The van der Waals surface area contributed by atoms with E-state index in [1.165, 1.54) is 6.07 Å². The predicted molar refractivity (Wildman–Crippen MR) is 100 cm³/mol. The van der Waals surface area contributed by atoms with Crippen molar-refractivity contribution in [3.05, 3.63) is 29.3 Å². The van der Waals surface area contributed by atoms with Crippen LogP contribution < -0.4 is 10.6 Å². The van der Waals surface area contributed by atoms with E-state index >= 15 is 0 Å². The number of nitrogens with zero attached hydrogens (tertiary/aromatic N) is 2. The fourth-order valence-corrected chi connectivity index (χ4v) is 2.81. The molecule has 0 aliphatic carbocycles. The van der Waals surface area contributed by atoms with E-state index in [4.69, 9.17) is 4.74 Å². The third-order valence-electron chi connectivity index (χ3n) is 3.91. The molecule has 0 saturated carbocycles. The summed E-state index contributed by atoms with van der Waals surface area (Å²) in [6.07, 6.45) is -5.03. The average Bonchev–Trinajstić information content (AvgIpc) is 2.88. The van der Waals surface area contributed by atoms with Crippen LogP contribution in [-0.2, 0) is 17.5 Å². The molecule has 6 nitrogen and oxygen atoms in total. The van der Waals surface area contributed by atoms with E-state index in [0.717, 1.165) is 12.1 Å². The van der Waals surface area contributed by atoms with E-state index in [0.29, 0.717) is 23.3 Å². The monoisotopic (exact) mass is 396 g/mol. The Morgan fingerprint density at radius 2 is 1.93 bits per heavy atom. The highest BCUT2D eigenvalue weighted by Crippen LogP contribution is 2.35. The van der Waals surface area contributed by atoms with Crippen LogP contribution in [0.4, 0.5) is 23.8 Å². The summed E-state index contributed by atoms with van der Waals surface area (Å²) in [7, 11) is 0. The number of halogens is 3. The van der Waals surface area contributed by atoms with Crippen molar-refractivity contribution in [3.63, 3.8) is 0 Å². The summed E-state index contributed by atoms with van der Waals surface area (Å²) in [5.74, 6) is 0.422. The largest absolute Gasteiger partial charge is 0.444 e. The zero-order chi connectivity index (χ0) is 21.1. The van der Waals surface area contributed by atoms with Crippen molar-refractivity contribution in [2.45, 2.75) is 46.0 Å². The molecule has 28 heavy (non-hydrogen) atoms. The molecule has 0 bridgehead atoms. The highest BCUT2D eigenvalue weighted by Gasteiger charge is 2.31. The van der Waals surface area contributed by atoms with Crippen molar-refractivity contribution in [2.24, 2.45) is 0 Å². The fourth-order valence-electron chi connectivity index (χ4n) is 2.81. The van der Waals surface area contributed by atoms with Crippen molar-refractivity contribution in [3.8, 4) is 6.07 Å². The average molecular weight is 396 g/mol. The maximum absolute atomic E-state index is 13.0. The number of aryl methyl sites for hydroxylation is 1. The minimum atomic E-state index is -4.46. The van der Waals surface area contributed by atoms with E-state index in [-0.39, 0.29) is 18.7 Å². The van der Waals surface area contributed by atoms with Gasteiger partial charge in [0.05, 0.1) is 11.1 Å². The summed E-state index contributed by atoms with van der Waals surface area (Å²) in [4.78, 5) is 11.7. The van der Waals surface area contributed by atoms with Crippen LogP contribution in [0.3, 0.4) is 0 Å². The van der Waals surface area contributed by atoms with Crippen LogP contribution in [0.25, 0.3) is 10.9 Å². The van der Waals surface area contributed by atoms with Crippen molar-refractivity contribution < 1.29 is 22.7 Å². The molecule has 0 saturated heterocycles. The lowest BCUT2D eigenvalue weighted by atomic mass is 10.1. The molecular formula is C19H23F3N4O2. The van der Waals surface area contributed by atoms with Gasteiger partial charge in [-0.15, -0.1) is 0 Å². The minimum Gasteiger partial charge on any atom is -0.444 e. The predicted octanol–water partition coefficient (Wildman–Crippen LogP) is 4.49. The third kappa shape index (κ3) is 4.88. The number of anilines is 1. The van der Waals surface area contributed by atoms with Gasteiger partial charge in [-0.05, 0) is 39.8 Å². The molecule has 0 aliphatic rings. The van der Waals surface area contributed by atoms with Gasteiger partial charge in [0.1, 0.15) is 23.1 Å². The number of alkyl halides is 3. The van der Waals surface area contributed by atoms with Gasteiger partial charge in [0, 0.05) is 25.0 Å². The second-order valence-corrected chi connectivity index (χ2v) is 7.16. The maximum Gasteiger partial charge on any atom is 0.416 e. The standard InChI is InChI=1S/C19H23F3N4O2/c1-5-26-15-10-12(19(20,21)22)6-7-13(15)14(11-23)16(26)24-8-9-25-17(27)28-18(2,3)4/h6-7,10,24H,5,8-9H2,1-4H3,(H,25,27). The van der Waals surface area contributed by atoms with Gasteiger partial charge in [-0.3, -0.25) is 0 Å². The summed E-state index contributed by atoms with van der Waals surface area (Å²) in [6.45, 7) is 7.90. The quantitative estimate of drug-likeness (QED) is 0.730. The number of rotatable bonds is 5. The van der Waals surface area contributed by atoms with Crippen molar-refractivity contribution >= 4 is 22.8 Å². The molecular weight excluding hydrogens is 373 g/mol. The molecule has 0 unspecified atom stereocenters. The van der Waals surface area contributed by atoms with Gasteiger partial charge in [0.2, 0.25) is 0 Å². The molecule has 1 aromatic carbocycles. The highest BCUT2D eigenvalue weighted by molar-refractivity contribution is 5.93. The lowest BCUT2D eigenvalue weighted by Gasteiger charge is -2.19. The highest BCUT2D eigenvalue weighted by atomic mass is 19.4. The van der Waals surface area contributed by atoms with E-state index in [9.17, 15) is 23.2 Å². The van der Waals surface area contributed by atoms with Gasteiger partial charge in [-0.2, -0.15) is 18.4 Å². The van der Waals surface area contributed by atoms with E-state index in [2.05, 4.69) is 16.7 Å². The van der Waals surface area contributed by atoms with Crippen LogP contribution in [0.5, 0.6) is 0 Å². The Morgan fingerprint density at radius 1 is 1.25 bits per heavy atom. The first-order chi connectivity index (χ1) is 13.0. The lowest BCUT2D eigenvalue weighted by Crippen LogP contribution is -2.35. The van der Waals surface area contributed by atoms with Crippen molar-refractivity contribution in [2.75, 3.05) is 18.4 Å². The molecule has 1 heterocycles. The van der Waals surface area contributed by atoms with Crippen molar-refractivity contribution in [1.29, 1.82) is 5.26 Å². The summed E-state index contributed by atoms with van der Waals surface area (Å²) in [5, 5.41) is 15.6. The van der Waals surface area contributed by atoms with E-state index < -0.39 is 23.4 Å². The first-order valence-electron chi connectivity index (χ1n) is 8.82. The summed E-state index contributed by atoms with van der Waals surface area (Å²) < 4.78 is 45.9. The van der Waals surface area contributed by atoms with Crippen LogP contribution in [0.15, 0.2) is 18.2 Å². The fraction of sp³-hybridized carbons (Fsp3) is 0.474. The Labute approximate surface area is 161 Å². The molecule has 1 amide bonds. The van der Waals surface area contributed by atoms with Gasteiger partial charge < -0.3 is 19.9 Å². The third-order valence-corrected chi connectivity index (χ3v) is 3.91. The number of carbonyl (C=O) groups excluding carboxylic acids is 1. The number of alkyl carbamates (subject to hydrolysis) is 1. The first kappa shape index (κ1) is 21.4. The van der Waals surface area contributed by atoms with Crippen LogP contribution >= 0.6 is 0 Å². The number of fused-ring (bicyclic) bond motifs is 1. The van der Waals surface area contributed by atoms with Crippen LogP contribution in [0.1, 0.15) is 38.8 Å². The Balaban J connectivity index is 2.22. The molecule has 9 heteroatoms. The van der Waals surface area contributed by atoms with Crippen LogP contribution in [0.2, 0.25) is 0 Å². The van der Waals surface area contributed by atoms with Gasteiger partial charge in [0.15, 0.2) is 0 Å². The minimum absolute atomic E-state index is 0.221. The SMILES string of the molecule is CCn1c(NCCNC(=O)OC(C)(C)C)c(C#N)c2ccc(C(F)(F)F)cc21. The molecule has 0 fully saturated rings. The number of ether oxygens (including phenoxy) is 1. The zero-order valence-corrected chi connectivity index (χ0v) is 16.2. The number of carbonyl (C=O) groups is 1. The first-order valence-corrected chi connectivity index (χ1v) is 8.82. The summed E-state index contributed by atoms with van der Waals surface area (Å²) in [5.41, 5.74) is -0.787. The number of amides is 1. The Morgan fingerprint density at radius 3 is 2.46 bits per heavy atom. The lowest BCUT2D eigenvalue weighted by molar-refractivity contribution is -0.137. The van der Waals surface area contributed by atoms with Crippen molar-refractivity contribution in [1.82, 2.24) is 9.88 Å². The molecule has 0 atom stereocenters. The van der Waals surface area contributed by atoms with Crippen LogP contribution in [0, 0.1) is 11.3 Å². The molecule has 0 spiro atoms. The second kappa shape index (κ2) is 8.00.